The molecule has 0 unspecified atom stereocenters. The fraction of sp³-hybridized carbons (Fsp3) is 0.333. The Bertz CT molecular complexity index is 634. The molecule has 0 aliphatic heterocycles. The lowest BCUT2D eigenvalue weighted by atomic mass is 10.2. The van der Waals surface area contributed by atoms with Crippen LogP contribution in [0, 0.1) is 13.8 Å². The number of nitrogens with zero attached hydrogens (tertiary/aromatic N) is 2. The van der Waals surface area contributed by atoms with Gasteiger partial charge in [-0.05, 0) is 13.8 Å². The number of aryl methyl sites for hydroxylation is 1. The van der Waals surface area contributed by atoms with E-state index in [-0.39, 0.29) is 17.9 Å². The largest absolute Gasteiger partial charge is 0.349 e. The Labute approximate surface area is 113 Å². The quantitative estimate of drug-likeness (QED) is 0.862. The summed E-state index contributed by atoms with van der Waals surface area (Å²) in [5.41, 5.74) is 0.795. The van der Waals surface area contributed by atoms with Gasteiger partial charge in [0.05, 0.1) is 18.7 Å². The van der Waals surface area contributed by atoms with E-state index in [0.29, 0.717) is 23.6 Å². The second kappa shape index (κ2) is 5.75. The van der Waals surface area contributed by atoms with Crippen LogP contribution in [0.1, 0.15) is 22.1 Å². The second-order valence-electron chi connectivity index (χ2n) is 4.10. The zero-order chi connectivity index (χ0) is 13.8. The summed E-state index contributed by atoms with van der Waals surface area (Å²) >= 11 is 1.48. The number of rotatable bonds is 4. The van der Waals surface area contributed by atoms with Gasteiger partial charge in [-0.3, -0.25) is 9.59 Å². The number of hydrogen-bond donors (Lipinski definition) is 2. The fourth-order valence-electron chi connectivity index (χ4n) is 1.60. The molecule has 2 heterocycles. The summed E-state index contributed by atoms with van der Waals surface area (Å²) in [5.74, 6) is 0.342. The Morgan fingerprint density at radius 3 is 2.95 bits per heavy atom. The Balaban J connectivity index is 2.01. The number of thiazole rings is 1. The number of H-pyrrole nitrogens is 1. The number of carbonyl (C=O) groups is 1. The van der Waals surface area contributed by atoms with E-state index in [1.807, 2.05) is 5.38 Å². The van der Waals surface area contributed by atoms with Gasteiger partial charge in [0.1, 0.15) is 10.8 Å². The van der Waals surface area contributed by atoms with E-state index in [1.165, 1.54) is 11.3 Å². The zero-order valence-corrected chi connectivity index (χ0v) is 11.5. The van der Waals surface area contributed by atoms with Crippen molar-refractivity contribution in [1.29, 1.82) is 0 Å². The first-order valence-corrected chi connectivity index (χ1v) is 6.65. The first-order valence-electron chi connectivity index (χ1n) is 5.77. The lowest BCUT2D eigenvalue weighted by Crippen LogP contribution is -2.27. The molecule has 0 aliphatic carbocycles. The first-order chi connectivity index (χ1) is 9.06. The van der Waals surface area contributed by atoms with Crippen molar-refractivity contribution in [3.05, 3.63) is 44.0 Å². The van der Waals surface area contributed by atoms with E-state index < -0.39 is 0 Å². The maximum Gasteiger partial charge on any atom is 0.254 e. The van der Waals surface area contributed by atoms with Crippen LogP contribution in [0.5, 0.6) is 0 Å². The van der Waals surface area contributed by atoms with Crippen LogP contribution in [-0.2, 0) is 17.8 Å². The second-order valence-corrected chi connectivity index (χ2v) is 5.08. The molecule has 2 N–H and O–H groups in total. The molecule has 6 nitrogen and oxygen atoms in total. The summed E-state index contributed by atoms with van der Waals surface area (Å²) in [4.78, 5) is 34.2. The summed E-state index contributed by atoms with van der Waals surface area (Å²) in [7, 11) is 0. The lowest BCUT2D eigenvalue weighted by molar-refractivity contribution is -0.120. The predicted molar refractivity (Wildman–Crippen MR) is 72.0 cm³/mol. The highest BCUT2D eigenvalue weighted by atomic mass is 32.1. The van der Waals surface area contributed by atoms with Gasteiger partial charge in [0.15, 0.2) is 0 Å². The molecular weight excluding hydrogens is 264 g/mol. The van der Waals surface area contributed by atoms with Gasteiger partial charge in [-0.15, -0.1) is 11.3 Å². The summed E-state index contributed by atoms with van der Waals surface area (Å²) in [6, 6.07) is 0. The molecule has 2 aromatic heterocycles. The number of carbonyl (C=O) groups excluding carboxylic acids is 1. The molecule has 0 saturated heterocycles. The van der Waals surface area contributed by atoms with Crippen molar-refractivity contribution < 1.29 is 4.79 Å². The third kappa shape index (κ3) is 3.47. The molecule has 0 atom stereocenters. The van der Waals surface area contributed by atoms with Gasteiger partial charge in [-0.1, -0.05) is 0 Å². The van der Waals surface area contributed by atoms with Crippen molar-refractivity contribution in [2.75, 3.05) is 0 Å². The maximum absolute atomic E-state index is 11.8. The Morgan fingerprint density at radius 2 is 2.26 bits per heavy atom. The molecule has 0 bridgehead atoms. The first kappa shape index (κ1) is 13.4. The van der Waals surface area contributed by atoms with Crippen LogP contribution in [0.3, 0.4) is 0 Å². The van der Waals surface area contributed by atoms with Crippen LogP contribution < -0.4 is 10.9 Å². The van der Waals surface area contributed by atoms with Crippen molar-refractivity contribution >= 4 is 17.2 Å². The molecule has 0 aromatic carbocycles. The molecule has 0 aliphatic rings. The minimum atomic E-state index is -0.199. The van der Waals surface area contributed by atoms with Crippen molar-refractivity contribution in [2.45, 2.75) is 26.8 Å². The number of aromatic amines is 1. The number of aromatic nitrogens is 3. The Morgan fingerprint density at radius 1 is 1.47 bits per heavy atom. The number of amides is 1. The lowest BCUT2D eigenvalue weighted by Gasteiger charge is -2.06. The van der Waals surface area contributed by atoms with Gasteiger partial charge in [0, 0.05) is 17.1 Å². The molecule has 2 aromatic rings. The van der Waals surface area contributed by atoms with E-state index in [2.05, 4.69) is 20.3 Å². The van der Waals surface area contributed by atoms with Crippen LogP contribution in [0.4, 0.5) is 0 Å². The zero-order valence-electron chi connectivity index (χ0n) is 10.7. The summed E-state index contributed by atoms with van der Waals surface area (Å²) < 4.78 is 0. The van der Waals surface area contributed by atoms with Gasteiger partial charge in [-0.2, -0.15) is 0 Å². The average Bonchev–Trinajstić information content (AvgIpc) is 2.86. The monoisotopic (exact) mass is 278 g/mol. The molecule has 0 spiro atoms. The topological polar surface area (TPSA) is 87.7 Å². The Kier molecular flexibility index (Phi) is 4.06. The maximum atomic E-state index is 11.8. The van der Waals surface area contributed by atoms with Gasteiger partial charge in [-0.25, -0.2) is 9.97 Å². The molecule has 100 valence electrons. The standard InChI is InChI=1S/C12H14N4O2S/c1-7-9(15-8(2)16-12(7)18)5-10(17)14-6-11-13-3-4-19-11/h3-4H,5-6H2,1-2H3,(H,14,17)(H,15,16,18). The van der Waals surface area contributed by atoms with E-state index in [0.717, 1.165) is 5.01 Å². The molecule has 0 radical (unpaired) electrons. The van der Waals surface area contributed by atoms with Crippen LogP contribution in [0.25, 0.3) is 0 Å². The Hall–Kier alpha value is -2.02. The number of hydrogen-bond acceptors (Lipinski definition) is 5. The van der Waals surface area contributed by atoms with Gasteiger partial charge in [0.2, 0.25) is 5.91 Å². The minimum Gasteiger partial charge on any atom is -0.349 e. The van der Waals surface area contributed by atoms with E-state index >= 15 is 0 Å². The van der Waals surface area contributed by atoms with Crippen LogP contribution in [-0.4, -0.2) is 20.9 Å². The summed E-state index contributed by atoms with van der Waals surface area (Å²) in [6.07, 6.45) is 1.79. The minimum absolute atomic E-state index is 0.0992. The molecular formula is C12H14N4O2S. The van der Waals surface area contributed by atoms with Crippen molar-refractivity contribution in [2.24, 2.45) is 0 Å². The van der Waals surface area contributed by atoms with Gasteiger partial charge < -0.3 is 10.3 Å². The number of nitrogens with one attached hydrogen (secondary N) is 2. The highest BCUT2D eigenvalue weighted by molar-refractivity contribution is 7.09. The molecule has 2 rings (SSSR count). The van der Waals surface area contributed by atoms with Crippen molar-refractivity contribution in [3.63, 3.8) is 0 Å². The SMILES string of the molecule is Cc1nc(CC(=O)NCc2nccs2)c(C)c(=O)[nH]1. The fourth-order valence-corrected chi connectivity index (χ4v) is 2.16. The van der Waals surface area contributed by atoms with Gasteiger partial charge in [0.25, 0.3) is 5.56 Å². The highest BCUT2D eigenvalue weighted by Crippen LogP contribution is 2.04. The summed E-state index contributed by atoms with van der Waals surface area (Å²) in [5, 5.41) is 5.46. The molecule has 7 heteroatoms. The van der Waals surface area contributed by atoms with E-state index in [1.54, 1.807) is 20.0 Å². The molecule has 19 heavy (non-hydrogen) atoms. The highest BCUT2D eigenvalue weighted by Gasteiger charge is 2.10. The molecule has 0 saturated carbocycles. The van der Waals surface area contributed by atoms with Crippen LogP contribution in [0.2, 0.25) is 0 Å². The smallest absolute Gasteiger partial charge is 0.254 e. The molecule has 1 amide bonds. The van der Waals surface area contributed by atoms with Gasteiger partial charge >= 0.3 is 0 Å². The van der Waals surface area contributed by atoms with Crippen LogP contribution in [0.15, 0.2) is 16.4 Å². The molecule has 0 fully saturated rings. The third-order valence-electron chi connectivity index (χ3n) is 2.62. The van der Waals surface area contributed by atoms with E-state index in [4.69, 9.17) is 0 Å². The van der Waals surface area contributed by atoms with Crippen LogP contribution >= 0.6 is 11.3 Å². The normalized spacial score (nSPS) is 10.4. The van der Waals surface area contributed by atoms with E-state index in [9.17, 15) is 9.59 Å². The third-order valence-corrected chi connectivity index (χ3v) is 3.40. The average molecular weight is 278 g/mol. The van der Waals surface area contributed by atoms with Crippen molar-refractivity contribution in [3.8, 4) is 0 Å². The summed E-state index contributed by atoms with van der Waals surface area (Å²) in [6.45, 7) is 3.75. The predicted octanol–water partition coefficient (Wildman–Crippen LogP) is 0.702. The van der Waals surface area contributed by atoms with Crippen molar-refractivity contribution in [1.82, 2.24) is 20.3 Å².